The van der Waals surface area contributed by atoms with Crippen LogP contribution in [0.3, 0.4) is 0 Å². The molecule has 0 radical (unpaired) electrons. The predicted octanol–water partition coefficient (Wildman–Crippen LogP) is 3.16. The second-order valence-electron chi connectivity index (χ2n) is 4.60. The Hall–Kier alpha value is -0.730. The van der Waals surface area contributed by atoms with Crippen molar-refractivity contribution in [3.63, 3.8) is 0 Å². The number of rotatable bonds is 4. The van der Waals surface area contributed by atoms with Crippen molar-refractivity contribution < 1.29 is 4.74 Å². The van der Waals surface area contributed by atoms with Crippen LogP contribution in [0.5, 0.6) is 5.75 Å². The Labute approximate surface area is 102 Å². The minimum Gasteiger partial charge on any atom is -0.490 e. The van der Waals surface area contributed by atoms with Gasteiger partial charge in [0.05, 0.1) is 6.10 Å². The van der Waals surface area contributed by atoms with Gasteiger partial charge in [0.1, 0.15) is 5.75 Å². The van der Waals surface area contributed by atoms with Crippen LogP contribution >= 0.6 is 11.6 Å². The Morgan fingerprint density at radius 1 is 1.50 bits per heavy atom. The first-order valence-corrected chi connectivity index (χ1v) is 6.23. The molecule has 0 bridgehead atoms. The van der Waals surface area contributed by atoms with Crippen LogP contribution in [0.1, 0.15) is 31.7 Å². The number of hydrogen-bond acceptors (Lipinski definition) is 2. The van der Waals surface area contributed by atoms with Crippen LogP contribution < -0.4 is 10.5 Å². The topological polar surface area (TPSA) is 35.2 Å². The van der Waals surface area contributed by atoms with Gasteiger partial charge in [-0.25, -0.2) is 0 Å². The lowest BCUT2D eigenvalue weighted by molar-refractivity contribution is 0.119. The molecule has 1 atom stereocenters. The molecular formula is C13H18ClNO. The van der Waals surface area contributed by atoms with Gasteiger partial charge >= 0.3 is 0 Å². The molecular weight excluding hydrogens is 222 g/mol. The third kappa shape index (κ3) is 2.89. The second kappa shape index (κ2) is 5.07. The van der Waals surface area contributed by atoms with Crippen LogP contribution in [0.15, 0.2) is 18.2 Å². The molecule has 1 fully saturated rings. The quantitative estimate of drug-likeness (QED) is 0.876. The SMILES string of the molecule is CC(N)Cc1cc(Cl)ccc1OC1CCC1. The van der Waals surface area contributed by atoms with Crippen LogP contribution in [0.25, 0.3) is 0 Å². The fourth-order valence-electron chi connectivity index (χ4n) is 1.84. The Bertz CT molecular complexity index is 361. The van der Waals surface area contributed by atoms with E-state index < -0.39 is 0 Å². The normalized spacial score (nSPS) is 17.9. The Morgan fingerprint density at radius 3 is 2.81 bits per heavy atom. The van der Waals surface area contributed by atoms with Gasteiger partial charge in [-0.2, -0.15) is 0 Å². The number of benzene rings is 1. The molecule has 3 heteroatoms. The van der Waals surface area contributed by atoms with Crippen LogP contribution in [-0.2, 0) is 6.42 Å². The molecule has 0 aliphatic heterocycles. The summed E-state index contributed by atoms with van der Waals surface area (Å²) in [6.45, 7) is 1.99. The molecule has 2 nitrogen and oxygen atoms in total. The monoisotopic (exact) mass is 239 g/mol. The van der Waals surface area contributed by atoms with Crippen molar-refractivity contribution in [2.45, 2.75) is 44.8 Å². The molecule has 1 aliphatic rings. The van der Waals surface area contributed by atoms with Gasteiger partial charge < -0.3 is 10.5 Å². The number of halogens is 1. The lowest BCUT2D eigenvalue weighted by Gasteiger charge is -2.27. The van der Waals surface area contributed by atoms with E-state index in [4.69, 9.17) is 22.1 Å². The maximum absolute atomic E-state index is 5.99. The molecule has 2 rings (SSSR count). The highest BCUT2D eigenvalue weighted by molar-refractivity contribution is 6.30. The lowest BCUT2D eigenvalue weighted by atomic mass is 9.96. The number of nitrogens with two attached hydrogens (primary N) is 1. The average Bonchev–Trinajstić information content (AvgIpc) is 2.12. The Kier molecular flexibility index (Phi) is 3.72. The van der Waals surface area contributed by atoms with E-state index in [0.717, 1.165) is 22.8 Å². The molecule has 0 aromatic heterocycles. The Balaban J connectivity index is 2.13. The average molecular weight is 240 g/mol. The third-order valence-electron chi connectivity index (χ3n) is 2.91. The zero-order chi connectivity index (χ0) is 11.5. The van der Waals surface area contributed by atoms with Crippen molar-refractivity contribution in [3.8, 4) is 5.75 Å². The van der Waals surface area contributed by atoms with Crippen LogP contribution in [0.2, 0.25) is 5.02 Å². The fraction of sp³-hybridized carbons (Fsp3) is 0.538. The Morgan fingerprint density at radius 2 is 2.25 bits per heavy atom. The lowest BCUT2D eigenvalue weighted by Crippen LogP contribution is -2.26. The van der Waals surface area contributed by atoms with Gasteiger partial charge in [0.2, 0.25) is 0 Å². The van der Waals surface area contributed by atoms with Gasteiger partial charge in [-0.05, 0) is 56.4 Å². The third-order valence-corrected chi connectivity index (χ3v) is 3.15. The van der Waals surface area contributed by atoms with Crippen LogP contribution in [0.4, 0.5) is 0 Å². The smallest absolute Gasteiger partial charge is 0.123 e. The fourth-order valence-corrected chi connectivity index (χ4v) is 2.03. The zero-order valence-electron chi connectivity index (χ0n) is 9.58. The maximum atomic E-state index is 5.99. The van der Waals surface area contributed by atoms with E-state index in [-0.39, 0.29) is 6.04 Å². The minimum atomic E-state index is 0.127. The molecule has 16 heavy (non-hydrogen) atoms. The maximum Gasteiger partial charge on any atom is 0.123 e. The molecule has 1 unspecified atom stereocenters. The van der Waals surface area contributed by atoms with Crippen LogP contribution in [-0.4, -0.2) is 12.1 Å². The summed E-state index contributed by atoms with van der Waals surface area (Å²) in [4.78, 5) is 0. The standard InChI is InChI=1S/C13H18ClNO/c1-9(15)7-10-8-11(14)5-6-13(10)16-12-3-2-4-12/h5-6,8-9,12H,2-4,7,15H2,1H3. The highest BCUT2D eigenvalue weighted by Gasteiger charge is 2.20. The van der Waals surface area contributed by atoms with Crippen molar-refractivity contribution >= 4 is 11.6 Å². The summed E-state index contributed by atoms with van der Waals surface area (Å²) in [6.07, 6.45) is 4.82. The van der Waals surface area contributed by atoms with Crippen molar-refractivity contribution in [2.75, 3.05) is 0 Å². The molecule has 1 saturated carbocycles. The molecule has 1 aliphatic carbocycles. The van der Waals surface area contributed by atoms with E-state index in [1.807, 2.05) is 25.1 Å². The summed E-state index contributed by atoms with van der Waals surface area (Å²) in [5, 5.41) is 0.747. The van der Waals surface area contributed by atoms with E-state index in [1.165, 1.54) is 19.3 Å². The molecule has 0 saturated heterocycles. The van der Waals surface area contributed by atoms with Crippen molar-refractivity contribution in [3.05, 3.63) is 28.8 Å². The van der Waals surface area contributed by atoms with Crippen molar-refractivity contribution in [1.82, 2.24) is 0 Å². The molecule has 2 N–H and O–H groups in total. The summed E-state index contributed by atoms with van der Waals surface area (Å²) in [5.41, 5.74) is 6.94. The summed E-state index contributed by atoms with van der Waals surface area (Å²) in [7, 11) is 0. The van der Waals surface area contributed by atoms with Gasteiger partial charge in [0.15, 0.2) is 0 Å². The predicted molar refractivity (Wildman–Crippen MR) is 67.1 cm³/mol. The van der Waals surface area contributed by atoms with Crippen LogP contribution in [0, 0.1) is 0 Å². The molecule has 0 heterocycles. The first-order valence-electron chi connectivity index (χ1n) is 5.86. The molecule has 0 amide bonds. The van der Waals surface area contributed by atoms with Gasteiger partial charge in [-0.15, -0.1) is 0 Å². The zero-order valence-corrected chi connectivity index (χ0v) is 10.3. The van der Waals surface area contributed by atoms with Gasteiger partial charge in [-0.3, -0.25) is 0 Å². The van der Waals surface area contributed by atoms with Gasteiger partial charge in [-0.1, -0.05) is 11.6 Å². The first kappa shape index (κ1) is 11.7. The summed E-state index contributed by atoms with van der Waals surface area (Å²) in [5.74, 6) is 0.950. The molecule has 88 valence electrons. The van der Waals surface area contributed by atoms with E-state index in [2.05, 4.69) is 0 Å². The number of ether oxygens (including phenoxy) is 1. The van der Waals surface area contributed by atoms with E-state index in [9.17, 15) is 0 Å². The van der Waals surface area contributed by atoms with E-state index in [0.29, 0.717) is 6.10 Å². The van der Waals surface area contributed by atoms with Gasteiger partial charge in [0, 0.05) is 11.1 Å². The highest BCUT2D eigenvalue weighted by Crippen LogP contribution is 2.29. The van der Waals surface area contributed by atoms with Crippen molar-refractivity contribution in [1.29, 1.82) is 0 Å². The molecule has 1 aromatic carbocycles. The summed E-state index contributed by atoms with van der Waals surface area (Å²) in [6, 6.07) is 5.92. The largest absolute Gasteiger partial charge is 0.490 e. The first-order chi connectivity index (χ1) is 7.65. The van der Waals surface area contributed by atoms with Gasteiger partial charge in [0.25, 0.3) is 0 Å². The second-order valence-corrected chi connectivity index (χ2v) is 5.04. The highest BCUT2D eigenvalue weighted by atomic mass is 35.5. The summed E-state index contributed by atoms with van der Waals surface area (Å²) >= 11 is 5.99. The van der Waals surface area contributed by atoms with E-state index >= 15 is 0 Å². The minimum absolute atomic E-state index is 0.127. The summed E-state index contributed by atoms with van der Waals surface area (Å²) < 4.78 is 5.92. The molecule has 1 aromatic rings. The van der Waals surface area contributed by atoms with E-state index in [1.54, 1.807) is 0 Å². The van der Waals surface area contributed by atoms with Crippen molar-refractivity contribution in [2.24, 2.45) is 5.73 Å². The molecule has 0 spiro atoms. The number of hydrogen-bond donors (Lipinski definition) is 1.